The lowest BCUT2D eigenvalue weighted by Gasteiger charge is -2.18. The fourth-order valence-corrected chi connectivity index (χ4v) is 2.55. The fourth-order valence-electron chi connectivity index (χ4n) is 2.55. The molecule has 0 spiro atoms. The second-order valence-corrected chi connectivity index (χ2v) is 5.66. The molecule has 0 fully saturated rings. The maximum absolute atomic E-state index is 5.61. The Morgan fingerprint density at radius 1 is 1.12 bits per heavy atom. The highest BCUT2D eigenvalue weighted by Gasteiger charge is 2.07. The Morgan fingerprint density at radius 2 is 1.85 bits per heavy atom. The van der Waals surface area contributed by atoms with E-state index in [0.29, 0.717) is 6.61 Å². The van der Waals surface area contributed by atoms with Crippen LogP contribution in [0.1, 0.15) is 33.6 Å². The first-order valence-corrected chi connectivity index (χ1v) is 9.19. The van der Waals surface area contributed by atoms with E-state index in [0.717, 1.165) is 55.7 Å². The Kier molecular flexibility index (Phi) is 14.2. The van der Waals surface area contributed by atoms with Gasteiger partial charge in [0.15, 0.2) is 17.5 Å². The minimum absolute atomic E-state index is 0. The number of rotatable bonds is 11. The number of anilines is 1. The van der Waals surface area contributed by atoms with Crippen molar-refractivity contribution in [3.8, 4) is 11.5 Å². The highest BCUT2D eigenvalue weighted by molar-refractivity contribution is 14.0. The number of hydrogen-bond donors (Lipinski definition) is 2. The molecule has 2 N–H and O–H groups in total. The molecule has 0 aliphatic carbocycles. The SMILES string of the molecule is CCOc1cc(NC(=NC)NCCCCN(CC)CC)ccc1OC.I. The van der Waals surface area contributed by atoms with Crippen LogP contribution >= 0.6 is 24.0 Å². The molecule has 0 saturated heterocycles. The molecule has 1 rings (SSSR count). The van der Waals surface area contributed by atoms with E-state index < -0.39 is 0 Å². The molecular formula is C19H35IN4O2. The Balaban J connectivity index is 0.00000625. The molecule has 0 bridgehead atoms. The van der Waals surface area contributed by atoms with E-state index in [4.69, 9.17) is 9.47 Å². The van der Waals surface area contributed by atoms with E-state index in [2.05, 4.69) is 34.4 Å². The number of benzene rings is 1. The van der Waals surface area contributed by atoms with Crippen molar-refractivity contribution in [3.63, 3.8) is 0 Å². The first-order chi connectivity index (χ1) is 12.2. The van der Waals surface area contributed by atoms with Crippen LogP contribution < -0.4 is 20.1 Å². The zero-order valence-electron chi connectivity index (χ0n) is 16.8. The van der Waals surface area contributed by atoms with E-state index in [9.17, 15) is 0 Å². The summed E-state index contributed by atoms with van der Waals surface area (Å²) in [7, 11) is 3.42. The van der Waals surface area contributed by atoms with E-state index in [1.54, 1.807) is 14.2 Å². The number of unbranched alkanes of at least 4 members (excludes halogenated alkanes) is 1. The number of nitrogens with one attached hydrogen (secondary N) is 2. The van der Waals surface area contributed by atoms with Crippen LogP contribution in [0.5, 0.6) is 11.5 Å². The van der Waals surface area contributed by atoms with Crippen LogP contribution in [0.25, 0.3) is 0 Å². The molecule has 0 aromatic heterocycles. The van der Waals surface area contributed by atoms with E-state index in [1.807, 2.05) is 25.1 Å². The number of methoxy groups -OCH3 is 1. The monoisotopic (exact) mass is 478 g/mol. The second kappa shape index (κ2) is 14.9. The molecule has 0 aliphatic rings. The largest absolute Gasteiger partial charge is 0.493 e. The molecule has 1 aromatic carbocycles. The van der Waals surface area contributed by atoms with Gasteiger partial charge in [0.1, 0.15) is 0 Å². The van der Waals surface area contributed by atoms with Crippen molar-refractivity contribution in [1.29, 1.82) is 0 Å². The highest BCUT2D eigenvalue weighted by atomic mass is 127. The van der Waals surface area contributed by atoms with Crippen molar-refractivity contribution >= 4 is 35.6 Å². The van der Waals surface area contributed by atoms with Crippen molar-refractivity contribution < 1.29 is 9.47 Å². The maximum atomic E-state index is 5.61. The van der Waals surface area contributed by atoms with Crippen LogP contribution in [0.2, 0.25) is 0 Å². The normalized spacial score (nSPS) is 11.1. The zero-order chi connectivity index (χ0) is 18.5. The topological polar surface area (TPSA) is 58.1 Å². The molecule has 0 heterocycles. The molecule has 0 aliphatic heterocycles. The molecule has 7 heteroatoms. The van der Waals surface area contributed by atoms with Gasteiger partial charge in [-0.1, -0.05) is 13.8 Å². The summed E-state index contributed by atoms with van der Waals surface area (Å²) in [5.41, 5.74) is 0.917. The third-order valence-electron chi connectivity index (χ3n) is 4.04. The molecule has 6 nitrogen and oxygen atoms in total. The lowest BCUT2D eigenvalue weighted by atomic mass is 10.2. The lowest BCUT2D eigenvalue weighted by molar-refractivity contribution is 0.297. The number of ether oxygens (including phenoxy) is 2. The van der Waals surface area contributed by atoms with E-state index >= 15 is 0 Å². The van der Waals surface area contributed by atoms with Crippen molar-refractivity contribution in [2.75, 3.05) is 52.3 Å². The van der Waals surface area contributed by atoms with Crippen LogP contribution in [-0.4, -0.2) is 57.8 Å². The zero-order valence-corrected chi connectivity index (χ0v) is 19.1. The molecule has 1 aromatic rings. The van der Waals surface area contributed by atoms with Crippen LogP contribution in [0, 0.1) is 0 Å². The highest BCUT2D eigenvalue weighted by Crippen LogP contribution is 2.30. The fraction of sp³-hybridized carbons (Fsp3) is 0.632. The summed E-state index contributed by atoms with van der Waals surface area (Å²) in [6.07, 6.45) is 2.30. The van der Waals surface area contributed by atoms with Gasteiger partial charge >= 0.3 is 0 Å². The number of guanidine groups is 1. The minimum Gasteiger partial charge on any atom is -0.493 e. The Hall–Kier alpha value is -1.22. The van der Waals surface area contributed by atoms with E-state index in [-0.39, 0.29) is 24.0 Å². The smallest absolute Gasteiger partial charge is 0.195 e. The Labute approximate surface area is 175 Å². The second-order valence-electron chi connectivity index (χ2n) is 5.66. The number of aliphatic imine (C=N–C) groups is 1. The van der Waals surface area contributed by atoms with Gasteiger partial charge in [0.2, 0.25) is 0 Å². The molecule has 0 radical (unpaired) electrons. The number of nitrogens with zero attached hydrogens (tertiary/aromatic N) is 2. The average molecular weight is 478 g/mol. The predicted molar refractivity (Wildman–Crippen MR) is 122 cm³/mol. The summed E-state index contributed by atoms with van der Waals surface area (Å²) in [6, 6.07) is 5.77. The summed E-state index contributed by atoms with van der Waals surface area (Å²) < 4.78 is 10.9. The third kappa shape index (κ3) is 8.93. The molecule has 0 saturated carbocycles. The molecular weight excluding hydrogens is 443 g/mol. The van der Waals surface area contributed by atoms with Crippen LogP contribution in [0.15, 0.2) is 23.2 Å². The minimum atomic E-state index is 0. The quantitative estimate of drug-likeness (QED) is 0.219. The van der Waals surface area contributed by atoms with Crippen molar-refractivity contribution in [1.82, 2.24) is 10.2 Å². The van der Waals surface area contributed by atoms with Crippen LogP contribution in [0.4, 0.5) is 5.69 Å². The van der Waals surface area contributed by atoms with Gasteiger partial charge in [-0.2, -0.15) is 0 Å². The van der Waals surface area contributed by atoms with Gasteiger partial charge in [0.25, 0.3) is 0 Å². The maximum Gasteiger partial charge on any atom is 0.195 e. The van der Waals surface area contributed by atoms with Gasteiger partial charge in [-0.25, -0.2) is 0 Å². The summed E-state index contributed by atoms with van der Waals surface area (Å²) in [6.45, 7) is 11.3. The van der Waals surface area contributed by atoms with Crippen molar-refractivity contribution in [3.05, 3.63) is 18.2 Å². The molecule has 0 atom stereocenters. The van der Waals surface area contributed by atoms with Crippen molar-refractivity contribution in [2.24, 2.45) is 4.99 Å². The summed E-state index contributed by atoms with van der Waals surface area (Å²) >= 11 is 0. The van der Waals surface area contributed by atoms with Gasteiger partial charge in [-0.3, -0.25) is 4.99 Å². The first kappa shape index (κ1) is 24.8. The summed E-state index contributed by atoms with van der Waals surface area (Å²) in [5.74, 6) is 2.21. The Bertz CT molecular complexity index is 522. The van der Waals surface area contributed by atoms with Crippen LogP contribution in [-0.2, 0) is 0 Å². The number of hydrogen-bond acceptors (Lipinski definition) is 4. The average Bonchev–Trinajstić information content (AvgIpc) is 2.64. The van der Waals surface area contributed by atoms with Gasteiger partial charge in [0, 0.05) is 25.3 Å². The number of halogens is 1. The Morgan fingerprint density at radius 3 is 2.42 bits per heavy atom. The standard InChI is InChI=1S/C19H34N4O2.HI/c1-6-23(7-2)14-10-9-13-21-19(20-4)22-16-11-12-17(24-5)18(15-16)25-8-3;/h11-12,15H,6-10,13-14H2,1-5H3,(H2,20,21,22);1H. The molecule has 0 unspecified atom stereocenters. The van der Waals surface area contributed by atoms with Crippen molar-refractivity contribution in [2.45, 2.75) is 33.6 Å². The van der Waals surface area contributed by atoms with Gasteiger partial charge < -0.3 is 25.0 Å². The first-order valence-electron chi connectivity index (χ1n) is 9.19. The predicted octanol–water partition coefficient (Wildman–Crippen LogP) is 3.82. The summed E-state index contributed by atoms with van der Waals surface area (Å²) in [5, 5.41) is 6.65. The van der Waals surface area contributed by atoms with Crippen LogP contribution in [0.3, 0.4) is 0 Å². The molecule has 0 amide bonds. The van der Waals surface area contributed by atoms with Gasteiger partial charge in [-0.05, 0) is 51.5 Å². The van der Waals surface area contributed by atoms with Gasteiger partial charge in [-0.15, -0.1) is 24.0 Å². The molecule has 150 valence electrons. The third-order valence-corrected chi connectivity index (χ3v) is 4.04. The lowest BCUT2D eigenvalue weighted by Crippen LogP contribution is -2.32. The molecule has 26 heavy (non-hydrogen) atoms. The van der Waals surface area contributed by atoms with Gasteiger partial charge in [0.05, 0.1) is 13.7 Å². The summed E-state index contributed by atoms with van der Waals surface area (Å²) in [4.78, 5) is 6.72. The van der Waals surface area contributed by atoms with E-state index in [1.165, 1.54) is 6.42 Å².